The van der Waals surface area contributed by atoms with Gasteiger partial charge in [-0.05, 0) is 38.3 Å². The number of rotatable bonds is 9. The Hall–Kier alpha value is -2.25. The van der Waals surface area contributed by atoms with Crippen molar-refractivity contribution in [2.24, 2.45) is 11.0 Å². The zero-order chi connectivity index (χ0) is 17.9. The standard InChI is InChI=1S/C18H25N3O4/c1-14-24-13-15(8-4-2-3-5-10-18(22)23)16(25-14)12-20-21-17-9-6-7-11-19-17/h2,4,6-7,9,11-12,14-16H,3,5,8,10,13H2,1H3,(H,19,21)(H,22,23)/b4-2-,20-12?/t14-,15+,16+/m1/s1. The number of carbonyl (C=O) groups is 1. The number of carboxylic acids is 1. The molecule has 1 aliphatic rings. The first-order valence-corrected chi connectivity index (χ1v) is 8.49. The third-order valence-corrected chi connectivity index (χ3v) is 3.79. The molecule has 0 spiro atoms. The van der Waals surface area contributed by atoms with Crippen LogP contribution in [0, 0.1) is 5.92 Å². The Morgan fingerprint density at radius 2 is 2.36 bits per heavy atom. The van der Waals surface area contributed by atoms with Gasteiger partial charge in [-0.25, -0.2) is 4.98 Å². The highest BCUT2D eigenvalue weighted by molar-refractivity contribution is 5.66. The molecule has 0 amide bonds. The minimum absolute atomic E-state index is 0.149. The Bertz CT molecular complexity index is 577. The van der Waals surface area contributed by atoms with E-state index >= 15 is 0 Å². The number of unbranched alkanes of at least 4 members (excludes halogenated alkanes) is 1. The molecule has 2 N–H and O–H groups in total. The lowest BCUT2D eigenvalue weighted by molar-refractivity contribution is -0.206. The normalized spacial score (nSPS) is 24.0. The maximum absolute atomic E-state index is 10.5. The van der Waals surface area contributed by atoms with Gasteiger partial charge in [0, 0.05) is 18.5 Å². The highest BCUT2D eigenvalue weighted by Crippen LogP contribution is 2.21. The van der Waals surface area contributed by atoms with Gasteiger partial charge in [-0.15, -0.1) is 0 Å². The van der Waals surface area contributed by atoms with E-state index in [2.05, 4.69) is 21.6 Å². The van der Waals surface area contributed by atoms with Crippen LogP contribution in [0.4, 0.5) is 5.82 Å². The van der Waals surface area contributed by atoms with Crippen LogP contribution in [-0.4, -0.2) is 41.3 Å². The van der Waals surface area contributed by atoms with Gasteiger partial charge in [0.05, 0.1) is 12.8 Å². The SMILES string of the molecule is C[C@@H]1OC[C@H](C/C=C\CCCC(=O)O)[C@H](C=NNc2ccccn2)O1. The summed E-state index contributed by atoms with van der Waals surface area (Å²) >= 11 is 0. The second-order valence-electron chi connectivity index (χ2n) is 5.86. The number of aromatic nitrogens is 1. The largest absolute Gasteiger partial charge is 0.481 e. The Morgan fingerprint density at radius 1 is 1.48 bits per heavy atom. The molecule has 0 radical (unpaired) electrons. The summed E-state index contributed by atoms with van der Waals surface area (Å²) in [6, 6.07) is 5.56. The van der Waals surface area contributed by atoms with Crippen LogP contribution in [0.15, 0.2) is 41.6 Å². The summed E-state index contributed by atoms with van der Waals surface area (Å²) in [5.41, 5.74) is 2.89. The van der Waals surface area contributed by atoms with Crippen molar-refractivity contribution in [1.82, 2.24) is 4.98 Å². The van der Waals surface area contributed by atoms with Crippen LogP contribution in [0.1, 0.15) is 32.6 Å². The summed E-state index contributed by atoms with van der Waals surface area (Å²) in [6.45, 7) is 2.46. The number of allylic oxidation sites excluding steroid dienone is 2. The van der Waals surface area contributed by atoms with Crippen molar-refractivity contribution in [2.45, 2.75) is 45.0 Å². The molecule has 0 unspecified atom stereocenters. The number of hydrogen-bond donors (Lipinski definition) is 2. The quantitative estimate of drug-likeness (QED) is 0.309. The van der Waals surface area contributed by atoms with Gasteiger partial charge in [-0.3, -0.25) is 10.2 Å². The monoisotopic (exact) mass is 347 g/mol. The zero-order valence-corrected chi connectivity index (χ0v) is 14.4. The van der Waals surface area contributed by atoms with E-state index in [1.54, 1.807) is 12.4 Å². The predicted octanol–water partition coefficient (Wildman–Crippen LogP) is 3.06. The van der Waals surface area contributed by atoms with Gasteiger partial charge in [0.15, 0.2) is 6.29 Å². The fourth-order valence-corrected chi connectivity index (χ4v) is 2.45. The first kappa shape index (κ1) is 19.1. The maximum atomic E-state index is 10.5. The van der Waals surface area contributed by atoms with Crippen LogP contribution < -0.4 is 5.43 Å². The van der Waals surface area contributed by atoms with Crippen molar-refractivity contribution in [3.05, 3.63) is 36.5 Å². The summed E-state index contributed by atoms with van der Waals surface area (Å²) in [7, 11) is 0. The number of pyridine rings is 1. The molecule has 1 aliphatic heterocycles. The molecule has 1 fully saturated rings. The lowest BCUT2D eigenvalue weighted by Crippen LogP contribution is -2.39. The zero-order valence-electron chi connectivity index (χ0n) is 14.4. The van der Waals surface area contributed by atoms with Crippen molar-refractivity contribution in [2.75, 3.05) is 12.0 Å². The van der Waals surface area contributed by atoms with E-state index in [0.717, 1.165) is 12.8 Å². The van der Waals surface area contributed by atoms with Gasteiger partial charge < -0.3 is 14.6 Å². The van der Waals surface area contributed by atoms with Crippen molar-refractivity contribution in [3.63, 3.8) is 0 Å². The van der Waals surface area contributed by atoms with Crippen LogP contribution in [0.25, 0.3) is 0 Å². The van der Waals surface area contributed by atoms with Gasteiger partial charge >= 0.3 is 5.97 Å². The fraction of sp³-hybridized carbons (Fsp3) is 0.500. The number of ether oxygens (including phenoxy) is 2. The predicted molar refractivity (Wildman–Crippen MR) is 95.4 cm³/mol. The molecular formula is C18H25N3O4. The lowest BCUT2D eigenvalue weighted by Gasteiger charge is -2.32. The molecule has 0 bridgehead atoms. The average Bonchev–Trinajstić information content (AvgIpc) is 2.60. The van der Waals surface area contributed by atoms with Crippen LogP contribution in [-0.2, 0) is 14.3 Å². The number of nitrogens with one attached hydrogen (secondary N) is 1. The van der Waals surface area contributed by atoms with E-state index in [1.165, 1.54) is 0 Å². The molecule has 7 heteroatoms. The topological polar surface area (TPSA) is 93.0 Å². The second-order valence-corrected chi connectivity index (χ2v) is 5.86. The average molecular weight is 347 g/mol. The smallest absolute Gasteiger partial charge is 0.303 e. The van der Waals surface area contributed by atoms with Crippen molar-refractivity contribution < 1.29 is 19.4 Å². The molecule has 1 aromatic heterocycles. The van der Waals surface area contributed by atoms with Gasteiger partial charge in [0.2, 0.25) is 0 Å². The molecule has 7 nitrogen and oxygen atoms in total. The number of hydrazone groups is 1. The summed E-state index contributed by atoms with van der Waals surface area (Å²) in [5.74, 6) is 0.0862. The molecule has 136 valence electrons. The van der Waals surface area contributed by atoms with Gasteiger partial charge in [-0.1, -0.05) is 18.2 Å². The second kappa shape index (κ2) is 10.6. The van der Waals surface area contributed by atoms with Crippen LogP contribution >= 0.6 is 0 Å². The molecule has 0 aliphatic carbocycles. The third-order valence-electron chi connectivity index (χ3n) is 3.79. The maximum Gasteiger partial charge on any atom is 0.303 e. The Morgan fingerprint density at radius 3 is 3.12 bits per heavy atom. The molecule has 1 aromatic rings. The number of nitrogens with zero attached hydrogens (tertiary/aromatic N) is 2. The van der Waals surface area contributed by atoms with Crippen molar-refractivity contribution in [1.29, 1.82) is 0 Å². The minimum Gasteiger partial charge on any atom is -0.481 e. The molecule has 0 aromatic carbocycles. The molecule has 1 saturated heterocycles. The van der Waals surface area contributed by atoms with Crippen LogP contribution in [0.3, 0.4) is 0 Å². The summed E-state index contributed by atoms with van der Waals surface area (Å²) in [4.78, 5) is 14.6. The first-order chi connectivity index (χ1) is 12.1. The van der Waals surface area contributed by atoms with E-state index in [1.807, 2.05) is 31.2 Å². The lowest BCUT2D eigenvalue weighted by atomic mass is 9.98. The first-order valence-electron chi connectivity index (χ1n) is 8.49. The number of hydrogen-bond acceptors (Lipinski definition) is 6. The third kappa shape index (κ3) is 7.45. The van der Waals surface area contributed by atoms with E-state index < -0.39 is 5.97 Å². The fourth-order valence-electron chi connectivity index (χ4n) is 2.45. The summed E-state index contributed by atoms with van der Waals surface area (Å²) in [5, 5.41) is 12.8. The Balaban J connectivity index is 1.80. The van der Waals surface area contributed by atoms with E-state index in [9.17, 15) is 4.79 Å². The van der Waals surface area contributed by atoms with Gasteiger partial charge in [0.25, 0.3) is 0 Å². The van der Waals surface area contributed by atoms with E-state index in [0.29, 0.717) is 18.8 Å². The van der Waals surface area contributed by atoms with E-state index in [-0.39, 0.29) is 24.7 Å². The van der Waals surface area contributed by atoms with Crippen LogP contribution in [0.2, 0.25) is 0 Å². The number of aliphatic carboxylic acids is 1. The van der Waals surface area contributed by atoms with E-state index in [4.69, 9.17) is 14.6 Å². The minimum atomic E-state index is -0.756. The molecule has 3 atom stereocenters. The highest BCUT2D eigenvalue weighted by atomic mass is 16.7. The van der Waals surface area contributed by atoms with Gasteiger partial charge in [-0.2, -0.15) is 5.10 Å². The molecule has 0 saturated carbocycles. The molecule has 25 heavy (non-hydrogen) atoms. The van der Waals surface area contributed by atoms with Crippen molar-refractivity contribution >= 4 is 18.0 Å². The Labute approximate surface area is 147 Å². The molecular weight excluding hydrogens is 322 g/mol. The highest BCUT2D eigenvalue weighted by Gasteiger charge is 2.28. The Kier molecular flexibility index (Phi) is 8.08. The van der Waals surface area contributed by atoms with Gasteiger partial charge in [0.1, 0.15) is 11.9 Å². The van der Waals surface area contributed by atoms with Crippen LogP contribution in [0.5, 0.6) is 0 Å². The summed E-state index contributed by atoms with van der Waals surface area (Å²) < 4.78 is 11.4. The summed E-state index contributed by atoms with van der Waals surface area (Å²) in [6.07, 6.45) is 9.51. The van der Waals surface area contributed by atoms with Crippen molar-refractivity contribution in [3.8, 4) is 0 Å². The molecule has 2 rings (SSSR count). The number of anilines is 1. The number of carboxylic acid groups (broad SMARTS) is 1. The molecule has 2 heterocycles.